The third-order valence-electron chi connectivity index (χ3n) is 6.40. The maximum atomic E-state index is 12.9. The summed E-state index contributed by atoms with van der Waals surface area (Å²) >= 11 is 0.956. The van der Waals surface area contributed by atoms with E-state index in [4.69, 9.17) is 18.9 Å². The van der Waals surface area contributed by atoms with Gasteiger partial charge in [0, 0.05) is 43.5 Å². The second kappa shape index (κ2) is 17.2. The van der Waals surface area contributed by atoms with E-state index in [1.807, 2.05) is 38.1 Å². The van der Waals surface area contributed by atoms with Crippen molar-refractivity contribution in [2.75, 3.05) is 32.6 Å². The summed E-state index contributed by atoms with van der Waals surface area (Å²) in [6.45, 7) is 9.38. The highest BCUT2D eigenvalue weighted by Crippen LogP contribution is 2.31. The molecule has 246 valence electrons. The first-order valence-electron chi connectivity index (χ1n) is 14.4. The van der Waals surface area contributed by atoms with Crippen molar-refractivity contribution in [3.8, 4) is 5.75 Å². The Labute approximate surface area is 262 Å². The average Bonchev–Trinajstić information content (AvgIpc) is 2.93. The van der Waals surface area contributed by atoms with Gasteiger partial charge < -0.3 is 40.0 Å². The van der Waals surface area contributed by atoms with Crippen molar-refractivity contribution in [2.45, 2.75) is 84.3 Å². The molecule has 13 nitrogen and oxygen atoms in total. The van der Waals surface area contributed by atoms with Gasteiger partial charge in [0.15, 0.2) is 11.4 Å². The number of ether oxygens (including phenoxy) is 4. The van der Waals surface area contributed by atoms with Gasteiger partial charge in [0.2, 0.25) is 11.8 Å². The minimum Gasteiger partial charge on any atom is -0.497 e. The third-order valence-corrected chi connectivity index (χ3v) is 7.34. The van der Waals surface area contributed by atoms with Crippen LogP contribution < -0.4 is 20.7 Å². The Morgan fingerprint density at radius 1 is 1.07 bits per heavy atom. The lowest BCUT2D eigenvalue weighted by Crippen LogP contribution is -2.54. The van der Waals surface area contributed by atoms with Crippen LogP contribution in [-0.4, -0.2) is 90.7 Å². The van der Waals surface area contributed by atoms with Crippen LogP contribution in [-0.2, 0) is 39.8 Å². The monoisotopic (exact) mass is 639 g/mol. The number of carboxylic acid groups (broad SMARTS) is 1. The number of methoxy groups -OCH3 is 1. The van der Waals surface area contributed by atoms with E-state index >= 15 is 0 Å². The predicted molar refractivity (Wildman–Crippen MR) is 163 cm³/mol. The van der Waals surface area contributed by atoms with Crippen LogP contribution in [0.1, 0.15) is 59.4 Å². The molecule has 1 fully saturated rings. The molecular weight excluding hydrogens is 594 g/mol. The minimum atomic E-state index is -1.27. The van der Waals surface area contributed by atoms with Gasteiger partial charge in [0.05, 0.1) is 13.7 Å². The Bertz CT molecular complexity index is 1140. The Morgan fingerprint density at radius 3 is 2.36 bits per heavy atom. The molecule has 4 N–H and O–H groups in total. The van der Waals surface area contributed by atoms with Crippen molar-refractivity contribution in [3.05, 3.63) is 29.8 Å². The Morgan fingerprint density at radius 2 is 1.75 bits per heavy atom. The number of carbonyl (C=O) groups excluding carboxylic acids is 4. The molecule has 1 aromatic rings. The molecule has 1 heterocycles. The van der Waals surface area contributed by atoms with Crippen LogP contribution in [0.25, 0.3) is 0 Å². The molecule has 0 aliphatic carbocycles. The number of carbonyl (C=O) groups is 5. The first-order valence-corrected chi connectivity index (χ1v) is 15.4. The standard InChI is InChI=1S/C30H45N3O10S/c1-29(2,3)43-28(39)33-21(27(37)38)11-12-23(35)44-16-15-31-22(34)13-14-32-26(36)25-30(4,5)18-41-24(42-25)17-19-7-9-20(40-6)10-8-19/h7-10,21,24-25H,11-18H2,1-6H3,(H,31,34)(H,32,36)(H,33,39)(H,37,38)/t21?,24?,25-/m0/s1. The smallest absolute Gasteiger partial charge is 0.408 e. The number of benzene rings is 1. The molecule has 3 amide bonds. The molecule has 2 rings (SSSR count). The SMILES string of the molecule is COc1ccc(CC2OCC(C)(C)[C@H](C(=O)NCCC(=O)NCCSC(=O)CCC(NC(=O)OC(C)(C)C)C(=O)O)O2)cc1. The molecular formula is C30H45N3O10S. The summed E-state index contributed by atoms with van der Waals surface area (Å²) in [4.78, 5) is 60.6. The zero-order valence-electron chi connectivity index (χ0n) is 26.2. The van der Waals surface area contributed by atoms with Gasteiger partial charge in [-0.15, -0.1) is 0 Å². The van der Waals surface area contributed by atoms with Crippen molar-refractivity contribution in [1.82, 2.24) is 16.0 Å². The minimum absolute atomic E-state index is 0.0416. The fourth-order valence-corrected chi connectivity index (χ4v) is 4.81. The summed E-state index contributed by atoms with van der Waals surface area (Å²) in [6.07, 6.45) is -1.89. The number of hydrogen-bond donors (Lipinski definition) is 4. The van der Waals surface area contributed by atoms with Crippen LogP contribution in [0.2, 0.25) is 0 Å². The van der Waals surface area contributed by atoms with Crippen LogP contribution in [0, 0.1) is 5.41 Å². The summed E-state index contributed by atoms with van der Waals surface area (Å²) in [6, 6.07) is 6.25. The van der Waals surface area contributed by atoms with E-state index in [1.165, 1.54) is 0 Å². The number of aliphatic carboxylic acids is 1. The third kappa shape index (κ3) is 13.5. The topological polar surface area (TPSA) is 179 Å². The maximum Gasteiger partial charge on any atom is 0.408 e. The van der Waals surface area contributed by atoms with E-state index in [0.29, 0.717) is 13.0 Å². The first kappa shape index (κ1) is 36.8. The number of thioether (sulfide) groups is 1. The highest BCUT2D eigenvalue weighted by molar-refractivity contribution is 8.13. The largest absolute Gasteiger partial charge is 0.497 e. The average molecular weight is 640 g/mol. The van der Waals surface area contributed by atoms with E-state index in [2.05, 4.69) is 16.0 Å². The van der Waals surface area contributed by atoms with Crippen molar-refractivity contribution in [3.63, 3.8) is 0 Å². The molecule has 0 bridgehead atoms. The summed E-state index contributed by atoms with van der Waals surface area (Å²) in [5, 5.41) is 16.8. The second-order valence-electron chi connectivity index (χ2n) is 12.0. The first-order chi connectivity index (χ1) is 20.6. The van der Waals surface area contributed by atoms with Gasteiger partial charge in [-0.3, -0.25) is 14.4 Å². The molecule has 3 atom stereocenters. The summed E-state index contributed by atoms with van der Waals surface area (Å²) < 4.78 is 22.1. The fraction of sp³-hybridized carbons (Fsp3) is 0.633. The second-order valence-corrected chi connectivity index (χ2v) is 13.1. The molecule has 0 saturated carbocycles. The Balaban J connectivity index is 1.66. The summed E-state index contributed by atoms with van der Waals surface area (Å²) in [7, 11) is 1.60. The quantitative estimate of drug-likeness (QED) is 0.207. The molecule has 0 radical (unpaired) electrons. The normalized spacial score (nSPS) is 18.4. The Hall–Kier alpha value is -3.36. The van der Waals surface area contributed by atoms with Gasteiger partial charge >= 0.3 is 12.1 Å². The fourth-order valence-electron chi connectivity index (χ4n) is 4.11. The van der Waals surface area contributed by atoms with Gasteiger partial charge in [0.1, 0.15) is 23.5 Å². The molecule has 44 heavy (non-hydrogen) atoms. The van der Waals surface area contributed by atoms with Crippen molar-refractivity contribution in [1.29, 1.82) is 0 Å². The van der Waals surface area contributed by atoms with Crippen LogP contribution in [0.4, 0.5) is 4.79 Å². The molecule has 0 spiro atoms. The van der Waals surface area contributed by atoms with Gasteiger partial charge in [-0.2, -0.15) is 0 Å². The zero-order chi connectivity index (χ0) is 32.9. The zero-order valence-corrected chi connectivity index (χ0v) is 27.0. The van der Waals surface area contributed by atoms with E-state index in [1.54, 1.807) is 27.9 Å². The predicted octanol–water partition coefficient (Wildman–Crippen LogP) is 2.65. The molecule has 2 unspecified atom stereocenters. The number of carboxylic acids is 1. The number of hydrogen-bond acceptors (Lipinski definition) is 10. The van der Waals surface area contributed by atoms with Crippen LogP contribution >= 0.6 is 11.8 Å². The lowest BCUT2D eigenvalue weighted by molar-refractivity contribution is -0.253. The Kier molecular flexibility index (Phi) is 14.4. The van der Waals surface area contributed by atoms with Gasteiger partial charge in [-0.25, -0.2) is 9.59 Å². The van der Waals surface area contributed by atoms with Crippen LogP contribution in [0.5, 0.6) is 5.75 Å². The molecule has 1 saturated heterocycles. The summed E-state index contributed by atoms with van der Waals surface area (Å²) in [5.74, 6) is -0.865. The van der Waals surface area contributed by atoms with Crippen LogP contribution in [0.3, 0.4) is 0 Å². The van der Waals surface area contributed by atoms with E-state index in [-0.39, 0.29) is 55.0 Å². The van der Waals surface area contributed by atoms with Gasteiger partial charge in [0.25, 0.3) is 0 Å². The summed E-state index contributed by atoms with van der Waals surface area (Å²) in [5.41, 5.74) is -0.373. The van der Waals surface area contributed by atoms with Gasteiger partial charge in [-0.05, 0) is 44.9 Å². The molecule has 1 aliphatic rings. The maximum absolute atomic E-state index is 12.9. The lowest BCUT2D eigenvalue weighted by Gasteiger charge is -2.41. The number of alkyl carbamates (subject to hydrolysis) is 1. The lowest BCUT2D eigenvalue weighted by atomic mass is 9.85. The van der Waals surface area contributed by atoms with Crippen molar-refractivity contribution < 1.29 is 48.0 Å². The van der Waals surface area contributed by atoms with E-state index < -0.39 is 41.5 Å². The number of rotatable bonds is 15. The van der Waals surface area contributed by atoms with E-state index in [9.17, 15) is 29.1 Å². The highest BCUT2D eigenvalue weighted by atomic mass is 32.2. The molecule has 0 aromatic heterocycles. The van der Waals surface area contributed by atoms with Gasteiger partial charge in [-0.1, -0.05) is 37.7 Å². The number of amides is 3. The number of nitrogens with one attached hydrogen (secondary N) is 3. The highest BCUT2D eigenvalue weighted by Gasteiger charge is 2.42. The molecule has 14 heteroatoms. The van der Waals surface area contributed by atoms with E-state index in [0.717, 1.165) is 23.1 Å². The van der Waals surface area contributed by atoms with Crippen molar-refractivity contribution in [2.24, 2.45) is 5.41 Å². The molecule has 1 aromatic carbocycles. The molecule has 1 aliphatic heterocycles. The van der Waals surface area contributed by atoms with Crippen molar-refractivity contribution >= 4 is 40.8 Å². The van der Waals surface area contributed by atoms with Crippen LogP contribution in [0.15, 0.2) is 24.3 Å².